The molecular weight excluding hydrogens is 372 g/mol. The number of carbonyl (C=O) groups excluding carboxylic acids is 2. The van der Waals surface area contributed by atoms with E-state index in [9.17, 15) is 14.7 Å². The molecule has 7 heteroatoms. The number of amides is 1. The van der Waals surface area contributed by atoms with Crippen molar-refractivity contribution in [3.63, 3.8) is 0 Å². The summed E-state index contributed by atoms with van der Waals surface area (Å²) in [6.07, 6.45) is 3.02. The lowest BCUT2D eigenvalue weighted by Crippen LogP contribution is -3.06. The van der Waals surface area contributed by atoms with Crippen molar-refractivity contribution in [2.45, 2.75) is 6.04 Å². The first kappa shape index (κ1) is 20.4. The topological polar surface area (TPSA) is 84.4 Å². The molecule has 0 saturated carbocycles. The molecule has 1 aromatic carbocycles. The van der Waals surface area contributed by atoms with Crippen LogP contribution in [0, 0.1) is 0 Å². The molecule has 0 aliphatic carbocycles. The molecule has 1 amide bonds. The quantitative estimate of drug-likeness (QED) is 0.496. The van der Waals surface area contributed by atoms with E-state index in [-0.39, 0.29) is 11.3 Å². The maximum Gasteiger partial charge on any atom is 0.290 e. The van der Waals surface area contributed by atoms with Gasteiger partial charge in [0, 0.05) is 0 Å². The van der Waals surface area contributed by atoms with Gasteiger partial charge in [-0.2, -0.15) is 0 Å². The SMILES string of the molecule is C=CCOc1cccc([C@@H]2C(C(=O)c3ccco3)=C(O)C(=O)N2CC[NH+](C)C)c1. The van der Waals surface area contributed by atoms with E-state index in [1.165, 1.54) is 17.2 Å². The summed E-state index contributed by atoms with van der Waals surface area (Å²) in [5.74, 6) is -0.957. The van der Waals surface area contributed by atoms with Crippen LogP contribution < -0.4 is 9.64 Å². The van der Waals surface area contributed by atoms with E-state index in [0.717, 1.165) is 4.90 Å². The first-order chi connectivity index (χ1) is 13.9. The third-order valence-electron chi connectivity index (χ3n) is 4.69. The van der Waals surface area contributed by atoms with E-state index in [1.807, 2.05) is 20.2 Å². The number of quaternary nitrogens is 1. The monoisotopic (exact) mass is 397 g/mol. The van der Waals surface area contributed by atoms with E-state index < -0.39 is 23.5 Å². The molecule has 0 spiro atoms. The minimum Gasteiger partial charge on any atom is -0.503 e. The van der Waals surface area contributed by atoms with Gasteiger partial charge in [-0.05, 0) is 29.8 Å². The van der Waals surface area contributed by atoms with E-state index in [0.29, 0.717) is 31.0 Å². The van der Waals surface area contributed by atoms with Gasteiger partial charge in [0.05, 0.1) is 45.1 Å². The van der Waals surface area contributed by atoms with Crippen LogP contribution in [0.5, 0.6) is 5.75 Å². The molecule has 1 atom stereocenters. The molecule has 0 fully saturated rings. The lowest BCUT2D eigenvalue weighted by atomic mass is 9.95. The van der Waals surface area contributed by atoms with Gasteiger partial charge in [0.15, 0.2) is 11.5 Å². The number of rotatable bonds is 9. The highest BCUT2D eigenvalue weighted by Crippen LogP contribution is 2.39. The summed E-state index contributed by atoms with van der Waals surface area (Å²) in [7, 11) is 3.95. The van der Waals surface area contributed by atoms with Crippen molar-refractivity contribution in [3.8, 4) is 5.75 Å². The number of nitrogens with zero attached hydrogens (tertiary/aromatic N) is 1. The summed E-state index contributed by atoms with van der Waals surface area (Å²) in [5, 5.41) is 10.6. The third-order valence-corrected chi connectivity index (χ3v) is 4.69. The normalized spacial score (nSPS) is 16.6. The highest BCUT2D eigenvalue weighted by Gasteiger charge is 2.44. The van der Waals surface area contributed by atoms with E-state index in [4.69, 9.17) is 9.15 Å². The van der Waals surface area contributed by atoms with Crippen molar-refractivity contribution in [2.75, 3.05) is 33.8 Å². The van der Waals surface area contributed by atoms with Crippen molar-refractivity contribution < 1.29 is 28.7 Å². The number of Topliss-reactive ketones (excluding diaryl/α,β-unsaturated/α-hetero) is 1. The van der Waals surface area contributed by atoms with Gasteiger partial charge in [0.1, 0.15) is 12.4 Å². The van der Waals surface area contributed by atoms with Crippen LogP contribution in [0.4, 0.5) is 0 Å². The van der Waals surface area contributed by atoms with Crippen LogP contribution in [0.25, 0.3) is 0 Å². The number of aliphatic hydroxyl groups is 1. The second-order valence-electron chi connectivity index (χ2n) is 7.10. The zero-order valence-electron chi connectivity index (χ0n) is 16.6. The summed E-state index contributed by atoms with van der Waals surface area (Å²) in [6.45, 7) is 5.00. The molecule has 7 nitrogen and oxygen atoms in total. The molecular formula is C22H25N2O5+. The van der Waals surface area contributed by atoms with Crippen molar-refractivity contribution in [1.29, 1.82) is 0 Å². The predicted molar refractivity (Wildman–Crippen MR) is 107 cm³/mol. The Labute approximate surface area is 169 Å². The van der Waals surface area contributed by atoms with E-state index >= 15 is 0 Å². The fourth-order valence-corrected chi connectivity index (χ4v) is 3.28. The second-order valence-corrected chi connectivity index (χ2v) is 7.10. The molecule has 0 bridgehead atoms. The number of ketones is 1. The highest BCUT2D eigenvalue weighted by molar-refractivity contribution is 6.15. The number of nitrogens with one attached hydrogen (secondary N) is 1. The maximum atomic E-state index is 13.0. The lowest BCUT2D eigenvalue weighted by Gasteiger charge is -2.27. The smallest absolute Gasteiger partial charge is 0.290 e. The molecule has 0 radical (unpaired) electrons. The zero-order chi connectivity index (χ0) is 21.0. The number of hydrogen-bond donors (Lipinski definition) is 2. The summed E-state index contributed by atoms with van der Waals surface area (Å²) < 4.78 is 10.8. The average molecular weight is 397 g/mol. The molecule has 29 heavy (non-hydrogen) atoms. The van der Waals surface area contributed by atoms with Gasteiger partial charge in [-0.15, -0.1) is 0 Å². The predicted octanol–water partition coefficient (Wildman–Crippen LogP) is 1.57. The number of carbonyl (C=O) groups is 2. The van der Waals surface area contributed by atoms with Crippen LogP contribution in [0.2, 0.25) is 0 Å². The van der Waals surface area contributed by atoms with Crippen LogP contribution >= 0.6 is 0 Å². The first-order valence-electron chi connectivity index (χ1n) is 9.39. The summed E-state index contributed by atoms with van der Waals surface area (Å²) in [6, 6.07) is 9.53. The number of aliphatic hydroxyl groups excluding tert-OH is 1. The molecule has 2 N–H and O–H groups in total. The Morgan fingerprint density at radius 2 is 2.14 bits per heavy atom. The lowest BCUT2D eigenvalue weighted by molar-refractivity contribution is -0.857. The fraction of sp³-hybridized carbons (Fsp3) is 0.273. The molecule has 0 unspecified atom stereocenters. The van der Waals surface area contributed by atoms with Crippen molar-refractivity contribution in [2.24, 2.45) is 0 Å². The van der Waals surface area contributed by atoms with E-state index in [1.54, 1.807) is 30.3 Å². The van der Waals surface area contributed by atoms with Gasteiger partial charge in [-0.25, -0.2) is 0 Å². The maximum absolute atomic E-state index is 13.0. The summed E-state index contributed by atoms with van der Waals surface area (Å²) in [4.78, 5) is 28.5. The Balaban J connectivity index is 2.04. The van der Waals surface area contributed by atoms with Gasteiger partial charge in [-0.1, -0.05) is 24.8 Å². The van der Waals surface area contributed by atoms with Gasteiger partial charge >= 0.3 is 0 Å². The minimum absolute atomic E-state index is 0.0135. The number of ether oxygens (including phenoxy) is 1. The van der Waals surface area contributed by atoms with Crippen LogP contribution in [0.1, 0.15) is 22.2 Å². The Bertz CT molecular complexity index is 930. The van der Waals surface area contributed by atoms with Crippen LogP contribution in [-0.4, -0.2) is 55.5 Å². The molecule has 2 aromatic rings. The Morgan fingerprint density at radius 3 is 2.79 bits per heavy atom. The highest BCUT2D eigenvalue weighted by atomic mass is 16.5. The second kappa shape index (κ2) is 8.79. The number of likely N-dealkylation sites (N-methyl/N-ethyl adjacent to an activating group) is 1. The summed E-state index contributed by atoms with van der Waals surface area (Å²) in [5.41, 5.74) is 0.687. The van der Waals surface area contributed by atoms with Crippen molar-refractivity contribution in [3.05, 3.63) is 78.0 Å². The first-order valence-corrected chi connectivity index (χ1v) is 9.39. The van der Waals surface area contributed by atoms with Crippen molar-refractivity contribution in [1.82, 2.24) is 4.90 Å². The molecule has 3 rings (SSSR count). The van der Waals surface area contributed by atoms with Gasteiger partial charge in [0.2, 0.25) is 5.78 Å². The molecule has 1 aliphatic rings. The van der Waals surface area contributed by atoms with Crippen LogP contribution in [0.15, 0.2) is 71.1 Å². The van der Waals surface area contributed by atoms with Crippen LogP contribution in [0.3, 0.4) is 0 Å². The number of furan rings is 1. The summed E-state index contributed by atoms with van der Waals surface area (Å²) >= 11 is 0. The van der Waals surface area contributed by atoms with Gasteiger partial charge < -0.3 is 24.1 Å². The molecule has 152 valence electrons. The van der Waals surface area contributed by atoms with Gasteiger partial charge in [0.25, 0.3) is 5.91 Å². The average Bonchev–Trinajstić information content (AvgIpc) is 3.32. The molecule has 0 saturated heterocycles. The largest absolute Gasteiger partial charge is 0.503 e. The Morgan fingerprint density at radius 1 is 1.34 bits per heavy atom. The molecule has 1 aliphatic heterocycles. The number of hydrogen-bond acceptors (Lipinski definition) is 5. The van der Waals surface area contributed by atoms with Gasteiger partial charge in [-0.3, -0.25) is 9.59 Å². The standard InChI is InChI=1S/C22H24N2O5/c1-4-12-28-16-8-5-7-15(14-16)19-18(20(25)17-9-6-13-29-17)21(26)22(27)24(19)11-10-23(2)3/h4-9,13-14,19,26H,1,10-12H2,2-3H3/p+1/t19-/m1/s1. The number of benzene rings is 1. The van der Waals surface area contributed by atoms with Crippen molar-refractivity contribution >= 4 is 11.7 Å². The van der Waals surface area contributed by atoms with Crippen LogP contribution in [-0.2, 0) is 4.79 Å². The molecule has 1 aromatic heterocycles. The third kappa shape index (κ3) is 4.25. The minimum atomic E-state index is -0.730. The fourth-order valence-electron chi connectivity index (χ4n) is 3.28. The zero-order valence-corrected chi connectivity index (χ0v) is 16.6. The van der Waals surface area contributed by atoms with E-state index in [2.05, 4.69) is 6.58 Å². The Hall–Kier alpha value is -3.32. The molecule has 2 heterocycles. The Kier molecular flexibility index (Phi) is 6.19.